The lowest BCUT2D eigenvalue weighted by Gasteiger charge is -2.09. The summed E-state index contributed by atoms with van der Waals surface area (Å²) in [4.78, 5) is 12.8. The van der Waals surface area contributed by atoms with Crippen LogP contribution in [0.25, 0.3) is 22.1 Å². The molecule has 1 heterocycles. The minimum Gasteiger partial charge on any atom is -0.508 e. The van der Waals surface area contributed by atoms with Gasteiger partial charge in [-0.2, -0.15) is 0 Å². The Morgan fingerprint density at radius 1 is 1.14 bits per heavy atom. The van der Waals surface area contributed by atoms with E-state index in [1.54, 1.807) is 13.2 Å². The molecule has 3 aromatic rings. The van der Waals surface area contributed by atoms with Crippen molar-refractivity contribution >= 4 is 11.0 Å². The van der Waals surface area contributed by atoms with Crippen molar-refractivity contribution in [2.24, 2.45) is 0 Å². The van der Waals surface area contributed by atoms with Gasteiger partial charge in [-0.1, -0.05) is 19.1 Å². The molecule has 0 fully saturated rings. The molecular formula is C18H16O4. The molecule has 0 aliphatic carbocycles. The Labute approximate surface area is 127 Å². The molecule has 1 aromatic heterocycles. The average Bonchev–Trinajstić information content (AvgIpc) is 2.54. The number of hydrogen-bond donors (Lipinski definition) is 1. The van der Waals surface area contributed by atoms with Crippen molar-refractivity contribution in [3.63, 3.8) is 0 Å². The summed E-state index contributed by atoms with van der Waals surface area (Å²) < 4.78 is 11.0. The smallest absolute Gasteiger partial charge is 0.200 e. The van der Waals surface area contributed by atoms with Gasteiger partial charge in [0.05, 0.1) is 18.1 Å². The minimum atomic E-state index is -0.0942. The summed E-state index contributed by atoms with van der Waals surface area (Å²) in [7, 11) is 1.60. The normalized spacial score (nSPS) is 10.8. The van der Waals surface area contributed by atoms with Gasteiger partial charge < -0.3 is 14.3 Å². The highest BCUT2D eigenvalue weighted by atomic mass is 16.5. The highest BCUT2D eigenvalue weighted by molar-refractivity contribution is 5.83. The van der Waals surface area contributed by atoms with Crippen LogP contribution in [0.1, 0.15) is 12.7 Å². The molecule has 4 heteroatoms. The zero-order valence-corrected chi connectivity index (χ0v) is 12.4. The summed E-state index contributed by atoms with van der Waals surface area (Å²) in [6.45, 7) is 1.93. The number of ether oxygens (including phenoxy) is 1. The first-order chi connectivity index (χ1) is 10.6. The van der Waals surface area contributed by atoms with Gasteiger partial charge >= 0.3 is 0 Å². The molecule has 2 aromatic carbocycles. The molecule has 0 bridgehead atoms. The van der Waals surface area contributed by atoms with Crippen LogP contribution in [0.4, 0.5) is 0 Å². The monoisotopic (exact) mass is 296 g/mol. The summed E-state index contributed by atoms with van der Waals surface area (Å²) in [6, 6.07) is 11.9. The number of benzene rings is 2. The predicted octanol–water partition coefficient (Wildman–Crippen LogP) is 3.74. The minimum absolute atomic E-state index is 0.0786. The number of rotatable bonds is 3. The van der Waals surface area contributed by atoms with Crippen LogP contribution in [0.5, 0.6) is 11.5 Å². The lowest BCUT2D eigenvalue weighted by molar-refractivity contribution is 0.415. The molecular weight excluding hydrogens is 280 g/mol. The first-order valence-electron chi connectivity index (χ1n) is 7.07. The summed E-state index contributed by atoms with van der Waals surface area (Å²) in [6.07, 6.45) is 0.586. The summed E-state index contributed by atoms with van der Waals surface area (Å²) in [5.74, 6) is 1.42. The Hall–Kier alpha value is -2.75. The number of fused-ring (bicyclic) bond motifs is 1. The molecule has 0 aliphatic heterocycles. The summed E-state index contributed by atoms with van der Waals surface area (Å²) in [5, 5.41) is 10.0. The molecule has 0 amide bonds. The zero-order chi connectivity index (χ0) is 15.7. The van der Waals surface area contributed by atoms with Crippen LogP contribution >= 0.6 is 0 Å². The molecule has 0 atom stereocenters. The fraction of sp³-hybridized carbons (Fsp3) is 0.167. The Morgan fingerprint density at radius 2 is 1.86 bits per heavy atom. The molecule has 0 saturated heterocycles. The van der Waals surface area contributed by atoms with Crippen LogP contribution in [0.2, 0.25) is 0 Å². The van der Waals surface area contributed by atoms with Gasteiger partial charge in [0.25, 0.3) is 0 Å². The first-order valence-corrected chi connectivity index (χ1v) is 7.07. The van der Waals surface area contributed by atoms with E-state index < -0.39 is 0 Å². The van der Waals surface area contributed by atoms with Crippen molar-refractivity contribution in [1.29, 1.82) is 0 Å². The second-order valence-corrected chi connectivity index (χ2v) is 4.99. The van der Waals surface area contributed by atoms with Crippen molar-refractivity contribution in [3.8, 4) is 22.6 Å². The SMILES string of the molecule is CCc1oc2cc(O)ccc2c(=O)c1-c1ccc(OC)cc1. The lowest BCUT2D eigenvalue weighted by atomic mass is 10.0. The van der Waals surface area contributed by atoms with E-state index in [1.165, 1.54) is 12.1 Å². The van der Waals surface area contributed by atoms with Crippen LogP contribution in [-0.2, 0) is 6.42 Å². The third-order valence-corrected chi connectivity index (χ3v) is 3.65. The quantitative estimate of drug-likeness (QED) is 0.800. The van der Waals surface area contributed by atoms with Crippen molar-refractivity contribution < 1.29 is 14.3 Å². The maximum atomic E-state index is 12.8. The lowest BCUT2D eigenvalue weighted by Crippen LogP contribution is -2.08. The standard InChI is InChI=1S/C18H16O4/c1-3-15-17(11-4-7-13(21-2)8-5-11)18(20)14-9-6-12(19)10-16(14)22-15/h4-10,19H,3H2,1-2H3. The Balaban J connectivity index is 2.29. The number of aryl methyl sites for hydroxylation is 1. The predicted molar refractivity (Wildman–Crippen MR) is 85.5 cm³/mol. The maximum Gasteiger partial charge on any atom is 0.200 e. The largest absolute Gasteiger partial charge is 0.508 e. The van der Waals surface area contributed by atoms with Crippen LogP contribution in [0, 0.1) is 0 Å². The van der Waals surface area contributed by atoms with Crippen molar-refractivity contribution in [2.45, 2.75) is 13.3 Å². The summed E-state index contributed by atoms with van der Waals surface area (Å²) >= 11 is 0. The van der Waals surface area contributed by atoms with Gasteiger partial charge in [-0.3, -0.25) is 4.79 Å². The number of aromatic hydroxyl groups is 1. The van der Waals surface area contributed by atoms with Crippen LogP contribution < -0.4 is 10.2 Å². The Morgan fingerprint density at radius 3 is 2.50 bits per heavy atom. The molecule has 0 spiro atoms. The van der Waals surface area contributed by atoms with E-state index in [4.69, 9.17) is 9.15 Å². The van der Waals surface area contributed by atoms with Gasteiger partial charge in [0.1, 0.15) is 22.8 Å². The van der Waals surface area contributed by atoms with E-state index in [9.17, 15) is 9.90 Å². The van der Waals surface area contributed by atoms with Gasteiger partial charge in [-0.25, -0.2) is 0 Å². The van der Waals surface area contributed by atoms with Gasteiger partial charge in [0.2, 0.25) is 5.43 Å². The van der Waals surface area contributed by atoms with Crippen molar-refractivity contribution in [1.82, 2.24) is 0 Å². The van der Waals surface area contributed by atoms with Gasteiger partial charge in [0.15, 0.2) is 0 Å². The Bertz CT molecular complexity index is 876. The first kappa shape index (κ1) is 14.2. The maximum absolute atomic E-state index is 12.8. The molecule has 0 aliphatic rings. The molecule has 3 rings (SSSR count). The number of phenols is 1. The third kappa shape index (κ3) is 2.33. The second-order valence-electron chi connectivity index (χ2n) is 4.99. The van der Waals surface area contributed by atoms with E-state index in [0.29, 0.717) is 28.7 Å². The van der Waals surface area contributed by atoms with Crippen molar-refractivity contribution in [2.75, 3.05) is 7.11 Å². The molecule has 4 nitrogen and oxygen atoms in total. The molecule has 0 radical (unpaired) electrons. The van der Waals surface area contributed by atoms with Crippen LogP contribution in [-0.4, -0.2) is 12.2 Å². The highest BCUT2D eigenvalue weighted by Gasteiger charge is 2.15. The van der Waals surface area contributed by atoms with E-state index >= 15 is 0 Å². The third-order valence-electron chi connectivity index (χ3n) is 3.65. The Kier molecular flexibility index (Phi) is 3.59. The summed E-state index contributed by atoms with van der Waals surface area (Å²) in [5.41, 5.74) is 1.66. The molecule has 112 valence electrons. The topological polar surface area (TPSA) is 59.7 Å². The van der Waals surface area contributed by atoms with Gasteiger partial charge in [-0.05, 0) is 29.8 Å². The second kappa shape index (κ2) is 5.56. The van der Waals surface area contributed by atoms with Crippen molar-refractivity contribution in [3.05, 3.63) is 58.4 Å². The van der Waals surface area contributed by atoms with Gasteiger partial charge in [0, 0.05) is 12.5 Å². The molecule has 1 N–H and O–H groups in total. The number of hydrogen-bond acceptors (Lipinski definition) is 4. The van der Waals surface area contributed by atoms with E-state index in [1.807, 2.05) is 31.2 Å². The number of methoxy groups -OCH3 is 1. The highest BCUT2D eigenvalue weighted by Crippen LogP contribution is 2.28. The number of phenolic OH excluding ortho intramolecular Hbond substituents is 1. The zero-order valence-electron chi connectivity index (χ0n) is 12.4. The van der Waals surface area contributed by atoms with E-state index in [2.05, 4.69) is 0 Å². The fourth-order valence-corrected chi connectivity index (χ4v) is 2.53. The van der Waals surface area contributed by atoms with E-state index in [0.717, 1.165) is 11.3 Å². The van der Waals surface area contributed by atoms with Gasteiger partial charge in [-0.15, -0.1) is 0 Å². The van der Waals surface area contributed by atoms with Crippen LogP contribution in [0.3, 0.4) is 0 Å². The molecule has 22 heavy (non-hydrogen) atoms. The molecule has 0 unspecified atom stereocenters. The average molecular weight is 296 g/mol. The van der Waals surface area contributed by atoms with E-state index in [-0.39, 0.29) is 11.2 Å². The van der Waals surface area contributed by atoms with Crippen LogP contribution in [0.15, 0.2) is 51.7 Å². The molecule has 0 saturated carbocycles. The fourth-order valence-electron chi connectivity index (χ4n) is 2.53.